The van der Waals surface area contributed by atoms with Crippen LogP contribution in [0, 0.1) is 0 Å². The molecule has 0 amide bonds. The van der Waals surface area contributed by atoms with Crippen molar-refractivity contribution in [1.29, 1.82) is 0 Å². The van der Waals surface area contributed by atoms with Gasteiger partial charge < -0.3 is 10.6 Å². The zero-order valence-corrected chi connectivity index (χ0v) is 11.2. The van der Waals surface area contributed by atoms with Gasteiger partial charge in [0, 0.05) is 18.8 Å². The Morgan fingerprint density at radius 1 is 1.41 bits per heavy atom. The highest BCUT2D eigenvalue weighted by atomic mass is 15.1. The van der Waals surface area contributed by atoms with Crippen LogP contribution in [0.15, 0.2) is 18.2 Å². The van der Waals surface area contributed by atoms with Crippen LogP contribution in [0.2, 0.25) is 0 Å². The van der Waals surface area contributed by atoms with E-state index in [-0.39, 0.29) is 0 Å². The maximum absolute atomic E-state index is 5.68. The van der Waals surface area contributed by atoms with Gasteiger partial charge in [-0.25, -0.2) is 0 Å². The second kappa shape index (κ2) is 5.09. The second-order valence-electron chi connectivity index (χ2n) is 5.42. The van der Waals surface area contributed by atoms with E-state index in [2.05, 4.69) is 44.0 Å². The smallest absolute Gasteiger partial charge is 0.0398 e. The molecule has 1 atom stereocenters. The van der Waals surface area contributed by atoms with Crippen LogP contribution in [-0.4, -0.2) is 19.6 Å². The first-order valence-corrected chi connectivity index (χ1v) is 6.69. The summed E-state index contributed by atoms with van der Waals surface area (Å²) in [5.41, 5.74) is 10.0. The number of aryl methyl sites for hydroxylation is 1. The van der Waals surface area contributed by atoms with Gasteiger partial charge in [-0.05, 0) is 48.9 Å². The van der Waals surface area contributed by atoms with Gasteiger partial charge in [-0.1, -0.05) is 26.0 Å². The fourth-order valence-electron chi connectivity index (χ4n) is 2.75. The summed E-state index contributed by atoms with van der Waals surface area (Å²) in [6.07, 6.45) is 3.54. The van der Waals surface area contributed by atoms with Gasteiger partial charge in [-0.3, -0.25) is 0 Å². The van der Waals surface area contributed by atoms with E-state index in [0.29, 0.717) is 12.0 Å². The molecule has 2 rings (SSSR count). The molecule has 2 nitrogen and oxygen atoms in total. The molecule has 0 spiro atoms. The molecule has 0 aromatic heterocycles. The SMILES string of the molecule is CC(C)c1ccc2c(c1)CCC(CCN)N2C. The van der Waals surface area contributed by atoms with E-state index in [4.69, 9.17) is 5.73 Å². The summed E-state index contributed by atoms with van der Waals surface area (Å²) >= 11 is 0. The molecule has 0 aliphatic carbocycles. The first-order chi connectivity index (χ1) is 8.13. The molecule has 1 heterocycles. The summed E-state index contributed by atoms with van der Waals surface area (Å²) in [6.45, 7) is 5.30. The highest BCUT2D eigenvalue weighted by Crippen LogP contribution is 2.32. The van der Waals surface area contributed by atoms with Crippen molar-refractivity contribution in [3.63, 3.8) is 0 Å². The van der Waals surface area contributed by atoms with Crippen LogP contribution >= 0.6 is 0 Å². The minimum Gasteiger partial charge on any atom is -0.371 e. The predicted octanol–water partition coefficient (Wildman–Crippen LogP) is 2.91. The molecule has 0 saturated carbocycles. The lowest BCUT2D eigenvalue weighted by atomic mass is 9.91. The van der Waals surface area contributed by atoms with Gasteiger partial charge in [-0.15, -0.1) is 0 Å². The highest BCUT2D eigenvalue weighted by Gasteiger charge is 2.22. The van der Waals surface area contributed by atoms with Crippen LogP contribution in [-0.2, 0) is 6.42 Å². The van der Waals surface area contributed by atoms with E-state index >= 15 is 0 Å². The quantitative estimate of drug-likeness (QED) is 0.868. The lowest BCUT2D eigenvalue weighted by Crippen LogP contribution is -2.37. The normalized spacial score (nSPS) is 19.6. The van der Waals surface area contributed by atoms with Crippen LogP contribution in [0.4, 0.5) is 5.69 Å². The summed E-state index contributed by atoms with van der Waals surface area (Å²) in [6, 6.07) is 7.56. The van der Waals surface area contributed by atoms with Crippen molar-refractivity contribution >= 4 is 5.69 Å². The Hall–Kier alpha value is -1.02. The van der Waals surface area contributed by atoms with Crippen molar-refractivity contribution in [2.45, 2.75) is 45.1 Å². The molecular formula is C15H24N2. The summed E-state index contributed by atoms with van der Waals surface area (Å²) < 4.78 is 0. The Labute approximate surface area is 105 Å². The van der Waals surface area contributed by atoms with E-state index in [9.17, 15) is 0 Å². The summed E-state index contributed by atoms with van der Waals surface area (Å²) in [5.74, 6) is 0.618. The fourth-order valence-corrected chi connectivity index (χ4v) is 2.75. The van der Waals surface area contributed by atoms with E-state index in [1.54, 1.807) is 0 Å². The highest BCUT2D eigenvalue weighted by molar-refractivity contribution is 5.57. The average molecular weight is 232 g/mol. The van der Waals surface area contributed by atoms with Crippen LogP contribution in [0.25, 0.3) is 0 Å². The number of nitrogens with zero attached hydrogens (tertiary/aromatic N) is 1. The van der Waals surface area contributed by atoms with Crippen molar-refractivity contribution in [3.8, 4) is 0 Å². The van der Waals surface area contributed by atoms with Crippen LogP contribution in [0.1, 0.15) is 43.7 Å². The molecule has 1 aliphatic heterocycles. The van der Waals surface area contributed by atoms with Crippen LogP contribution in [0.5, 0.6) is 0 Å². The third kappa shape index (κ3) is 2.47. The van der Waals surface area contributed by atoms with E-state index in [0.717, 1.165) is 13.0 Å². The molecule has 1 aromatic carbocycles. The van der Waals surface area contributed by atoms with E-state index in [1.165, 1.54) is 29.7 Å². The maximum atomic E-state index is 5.68. The predicted molar refractivity (Wildman–Crippen MR) is 74.7 cm³/mol. The second-order valence-corrected chi connectivity index (χ2v) is 5.42. The van der Waals surface area contributed by atoms with Gasteiger partial charge in [0.15, 0.2) is 0 Å². The molecule has 1 aromatic rings. The Morgan fingerprint density at radius 3 is 2.82 bits per heavy atom. The molecule has 1 aliphatic rings. The standard InChI is InChI=1S/C15H24N2/c1-11(2)12-5-7-15-13(10-12)4-6-14(8-9-16)17(15)3/h5,7,10-11,14H,4,6,8-9,16H2,1-3H3. The number of benzene rings is 1. The average Bonchev–Trinajstić information content (AvgIpc) is 2.32. The largest absolute Gasteiger partial charge is 0.371 e. The van der Waals surface area contributed by atoms with Gasteiger partial charge in [0.25, 0.3) is 0 Å². The minimum atomic E-state index is 0.618. The van der Waals surface area contributed by atoms with Crippen molar-refractivity contribution < 1.29 is 0 Å². The van der Waals surface area contributed by atoms with E-state index < -0.39 is 0 Å². The maximum Gasteiger partial charge on any atom is 0.0398 e. The number of rotatable bonds is 3. The van der Waals surface area contributed by atoms with Gasteiger partial charge in [-0.2, -0.15) is 0 Å². The van der Waals surface area contributed by atoms with Crippen LogP contribution < -0.4 is 10.6 Å². The number of hydrogen-bond acceptors (Lipinski definition) is 2. The topological polar surface area (TPSA) is 29.3 Å². The number of hydrogen-bond donors (Lipinski definition) is 1. The van der Waals surface area contributed by atoms with Gasteiger partial charge in [0.2, 0.25) is 0 Å². The third-order valence-corrected chi connectivity index (χ3v) is 3.94. The fraction of sp³-hybridized carbons (Fsp3) is 0.600. The molecule has 1 unspecified atom stereocenters. The summed E-state index contributed by atoms with van der Waals surface area (Å²) in [5, 5.41) is 0. The minimum absolute atomic E-state index is 0.618. The van der Waals surface area contributed by atoms with Crippen molar-refractivity contribution in [2.75, 3.05) is 18.5 Å². The number of fused-ring (bicyclic) bond motifs is 1. The molecule has 0 bridgehead atoms. The number of anilines is 1. The molecular weight excluding hydrogens is 208 g/mol. The Kier molecular flexibility index (Phi) is 3.72. The first kappa shape index (κ1) is 12.4. The Morgan fingerprint density at radius 2 is 2.18 bits per heavy atom. The first-order valence-electron chi connectivity index (χ1n) is 6.69. The van der Waals surface area contributed by atoms with E-state index in [1.807, 2.05) is 0 Å². The van der Waals surface area contributed by atoms with Crippen molar-refractivity contribution in [1.82, 2.24) is 0 Å². The monoisotopic (exact) mass is 232 g/mol. The summed E-state index contributed by atoms with van der Waals surface area (Å²) in [4.78, 5) is 2.41. The molecule has 0 fully saturated rings. The van der Waals surface area contributed by atoms with Crippen molar-refractivity contribution in [2.24, 2.45) is 5.73 Å². The number of nitrogens with two attached hydrogens (primary N) is 1. The molecule has 94 valence electrons. The zero-order valence-electron chi connectivity index (χ0n) is 11.2. The van der Waals surface area contributed by atoms with Crippen molar-refractivity contribution in [3.05, 3.63) is 29.3 Å². The lowest BCUT2D eigenvalue weighted by molar-refractivity contribution is 0.526. The van der Waals surface area contributed by atoms with Gasteiger partial charge >= 0.3 is 0 Å². The Bertz CT molecular complexity index is 385. The molecule has 0 radical (unpaired) electrons. The van der Waals surface area contributed by atoms with Gasteiger partial charge in [0.1, 0.15) is 0 Å². The molecule has 0 saturated heterocycles. The summed E-state index contributed by atoms with van der Waals surface area (Å²) in [7, 11) is 2.20. The lowest BCUT2D eigenvalue weighted by Gasteiger charge is -2.36. The molecule has 2 heteroatoms. The van der Waals surface area contributed by atoms with Gasteiger partial charge in [0.05, 0.1) is 0 Å². The zero-order chi connectivity index (χ0) is 12.4. The Balaban J connectivity index is 2.26. The third-order valence-electron chi connectivity index (χ3n) is 3.94. The molecule has 2 N–H and O–H groups in total. The van der Waals surface area contributed by atoms with Crippen LogP contribution in [0.3, 0.4) is 0 Å². The molecule has 17 heavy (non-hydrogen) atoms.